The minimum Gasteiger partial charge on any atom is -0.389 e. The summed E-state index contributed by atoms with van der Waals surface area (Å²) in [6, 6.07) is 0. The van der Waals surface area contributed by atoms with Gasteiger partial charge >= 0.3 is 0 Å². The number of imidazole rings is 1. The molecule has 0 radical (unpaired) electrons. The third kappa shape index (κ3) is 2.85. The second-order valence-corrected chi connectivity index (χ2v) is 5.74. The van der Waals surface area contributed by atoms with Crippen molar-refractivity contribution in [2.24, 2.45) is 5.41 Å². The first-order chi connectivity index (χ1) is 7.28. The minimum atomic E-state index is -0.732. The molecule has 0 aromatic carbocycles. The standard InChI is InChI=1S/C13H24N2O/c1-6-8-15-9-7-14-11(15)10-13(5,16)12(2,3)4/h7,9,16H,6,8,10H2,1-5H3. The van der Waals surface area contributed by atoms with Crippen LogP contribution in [0.1, 0.15) is 46.9 Å². The largest absolute Gasteiger partial charge is 0.389 e. The molecule has 0 aliphatic rings. The fourth-order valence-electron chi connectivity index (χ4n) is 1.52. The predicted octanol–water partition coefficient (Wildman–Crippen LogP) is 2.63. The molecule has 0 spiro atoms. The van der Waals surface area contributed by atoms with Crippen LogP contribution < -0.4 is 0 Å². The van der Waals surface area contributed by atoms with Gasteiger partial charge in [0.2, 0.25) is 0 Å². The molecule has 0 aliphatic heterocycles. The van der Waals surface area contributed by atoms with Crippen LogP contribution in [-0.2, 0) is 13.0 Å². The average Bonchev–Trinajstić information content (AvgIpc) is 2.51. The Morgan fingerprint density at radius 1 is 1.31 bits per heavy atom. The average molecular weight is 224 g/mol. The molecule has 0 aliphatic carbocycles. The van der Waals surface area contributed by atoms with E-state index in [9.17, 15) is 5.11 Å². The van der Waals surface area contributed by atoms with Gasteiger partial charge < -0.3 is 9.67 Å². The fourth-order valence-corrected chi connectivity index (χ4v) is 1.52. The van der Waals surface area contributed by atoms with Crippen molar-refractivity contribution < 1.29 is 5.11 Å². The van der Waals surface area contributed by atoms with Crippen molar-refractivity contribution in [1.29, 1.82) is 0 Å². The van der Waals surface area contributed by atoms with Gasteiger partial charge in [-0.3, -0.25) is 0 Å². The highest BCUT2D eigenvalue weighted by atomic mass is 16.3. The van der Waals surface area contributed by atoms with Crippen molar-refractivity contribution in [1.82, 2.24) is 9.55 Å². The van der Waals surface area contributed by atoms with Crippen LogP contribution >= 0.6 is 0 Å². The molecule has 1 rings (SSSR count). The van der Waals surface area contributed by atoms with Crippen LogP contribution in [-0.4, -0.2) is 20.3 Å². The summed E-state index contributed by atoms with van der Waals surface area (Å²) in [4.78, 5) is 4.34. The lowest BCUT2D eigenvalue weighted by molar-refractivity contribution is -0.0426. The van der Waals surface area contributed by atoms with E-state index >= 15 is 0 Å². The van der Waals surface area contributed by atoms with Crippen LogP contribution in [0.15, 0.2) is 12.4 Å². The molecular formula is C13H24N2O. The molecule has 3 heteroatoms. The molecule has 1 heterocycles. The number of hydrogen-bond acceptors (Lipinski definition) is 2. The summed E-state index contributed by atoms with van der Waals surface area (Å²) in [6.45, 7) is 11.2. The predicted molar refractivity (Wildman–Crippen MR) is 66.3 cm³/mol. The number of aromatic nitrogens is 2. The Bertz CT molecular complexity index is 334. The maximum absolute atomic E-state index is 10.5. The molecule has 92 valence electrons. The topological polar surface area (TPSA) is 38.0 Å². The first-order valence-corrected chi connectivity index (χ1v) is 6.00. The molecule has 1 N–H and O–H groups in total. The van der Waals surface area contributed by atoms with Crippen LogP contribution in [0, 0.1) is 5.41 Å². The van der Waals surface area contributed by atoms with Crippen LogP contribution in [0.2, 0.25) is 0 Å². The van der Waals surface area contributed by atoms with E-state index in [4.69, 9.17) is 0 Å². The normalized spacial score (nSPS) is 16.1. The third-order valence-corrected chi connectivity index (χ3v) is 3.38. The SMILES string of the molecule is CCCn1ccnc1CC(C)(O)C(C)(C)C. The second-order valence-electron chi connectivity index (χ2n) is 5.74. The van der Waals surface area contributed by atoms with Crippen LogP contribution in [0.25, 0.3) is 0 Å². The van der Waals surface area contributed by atoms with Gasteiger partial charge in [-0.25, -0.2) is 4.98 Å². The van der Waals surface area contributed by atoms with Gasteiger partial charge in [0.1, 0.15) is 5.82 Å². The van der Waals surface area contributed by atoms with Crippen molar-refractivity contribution in [3.8, 4) is 0 Å². The zero-order valence-corrected chi connectivity index (χ0v) is 11.1. The lowest BCUT2D eigenvalue weighted by atomic mass is 9.75. The minimum absolute atomic E-state index is 0.143. The molecule has 0 saturated carbocycles. The molecule has 1 aromatic rings. The Labute approximate surface area is 98.5 Å². The summed E-state index contributed by atoms with van der Waals surface area (Å²) in [6.07, 6.45) is 5.48. The molecule has 0 amide bonds. The van der Waals surface area contributed by atoms with E-state index < -0.39 is 5.60 Å². The van der Waals surface area contributed by atoms with Gasteiger partial charge in [0.05, 0.1) is 5.60 Å². The monoisotopic (exact) mass is 224 g/mol. The summed E-state index contributed by atoms with van der Waals surface area (Å²) in [5, 5.41) is 10.5. The van der Waals surface area contributed by atoms with Crippen molar-refractivity contribution in [2.75, 3.05) is 0 Å². The Hall–Kier alpha value is -0.830. The summed E-state index contributed by atoms with van der Waals surface area (Å²) in [7, 11) is 0. The van der Waals surface area contributed by atoms with Gasteiger partial charge in [0.25, 0.3) is 0 Å². The van der Waals surface area contributed by atoms with Crippen LogP contribution in [0.4, 0.5) is 0 Å². The van der Waals surface area contributed by atoms with Crippen molar-refractivity contribution >= 4 is 0 Å². The summed E-state index contributed by atoms with van der Waals surface area (Å²) in [5.41, 5.74) is -0.875. The Morgan fingerprint density at radius 3 is 2.44 bits per heavy atom. The van der Waals surface area contributed by atoms with Gasteiger partial charge in [-0.15, -0.1) is 0 Å². The Morgan fingerprint density at radius 2 is 1.94 bits per heavy atom. The van der Waals surface area contributed by atoms with E-state index in [-0.39, 0.29) is 5.41 Å². The lowest BCUT2D eigenvalue weighted by Gasteiger charge is -2.37. The first-order valence-electron chi connectivity index (χ1n) is 6.00. The zero-order valence-electron chi connectivity index (χ0n) is 11.1. The highest BCUT2D eigenvalue weighted by molar-refractivity contribution is 5.01. The molecule has 0 fully saturated rings. The summed E-state index contributed by atoms with van der Waals surface area (Å²) < 4.78 is 2.13. The second kappa shape index (κ2) is 4.58. The van der Waals surface area contributed by atoms with E-state index in [1.807, 2.05) is 19.3 Å². The number of aryl methyl sites for hydroxylation is 1. The van der Waals surface area contributed by atoms with Crippen molar-refractivity contribution in [3.63, 3.8) is 0 Å². The van der Waals surface area contributed by atoms with Crippen LogP contribution in [0.3, 0.4) is 0 Å². The van der Waals surface area contributed by atoms with Crippen molar-refractivity contribution in [2.45, 2.75) is 59.6 Å². The molecule has 1 aromatic heterocycles. The Kier molecular flexibility index (Phi) is 3.79. The summed E-state index contributed by atoms with van der Waals surface area (Å²) >= 11 is 0. The fraction of sp³-hybridized carbons (Fsp3) is 0.769. The van der Waals surface area contributed by atoms with Gasteiger partial charge in [-0.05, 0) is 18.8 Å². The van der Waals surface area contributed by atoms with Gasteiger partial charge in [-0.1, -0.05) is 27.7 Å². The number of aliphatic hydroxyl groups is 1. The molecule has 0 saturated heterocycles. The number of nitrogens with zero attached hydrogens (tertiary/aromatic N) is 2. The van der Waals surface area contributed by atoms with Crippen molar-refractivity contribution in [3.05, 3.63) is 18.2 Å². The maximum Gasteiger partial charge on any atom is 0.111 e. The quantitative estimate of drug-likeness (QED) is 0.853. The van der Waals surface area contributed by atoms with Gasteiger partial charge in [0, 0.05) is 25.4 Å². The molecule has 1 unspecified atom stereocenters. The number of hydrogen-bond donors (Lipinski definition) is 1. The van der Waals surface area contributed by atoms with E-state index in [2.05, 4.69) is 37.2 Å². The highest BCUT2D eigenvalue weighted by Gasteiger charge is 2.36. The zero-order chi connectivity index (χ0) is 12.4. The number of rotatable bonds is 4. The van der Waals surface area contributed by atoms with Crippen LogP contribution in [0.5, 0.6) is 0 Å². The van der Waals surface area contributed by atoms with Gasteiger partial charge in [0.15, 0.2) is 0 Å². The lowest BCUT2D eigenvalue weighted by Crippen LogP contribution is -2.42. The van der Waals surface area contributed by atoms with E-state index in [1.54, 1.807) is 0 Å². The third-order valence-electron chi connectivity index (χ3n) is 3.38. The smallest absolute Gasteiger partial charge is 0.111 e. The summed E-state index contributed by atoms with van der Waals surface area (Å²) in [5.74, 6) is 0.974. The molecule has 1 atom stereocenters. The van der Waals surface area contributed by atoms with E-state index in [0.717, 1.165) is 18.8 Å². The molecule has 16 heavy (non-hydrogen) atoms. The first kappa shape index (κ1) is 13.2. The maximum atomic E-state index is 10.5. The molecule has 0 bridgehead atoms. The Balaban J connectivity index is 2.84. The highest BCUT2D eigenvalue weighted by Crippen LogP contribution is 2.32. The van der Waals surface area contributed by atoms with E-state index in [1.165, 1.54) is 0 Å². The van der Waals surface area contributed by atoms with Gasteiger partial charge in [-0.2, -0.15) is 0 Å². The molecule has 3 nitrogen and oxygen atoms in total. The molecular weight excluding hydrogens is 200 g/mol. The van der Waals surface area contributed by atoms with E-state index in [0.29, 0.717) is 6.42 Å².